The number of anilines is 1. The summed E-state index contributed by atoms with van der Waals surface area (Å²) in [7, 11) is 0. The molecule has 31 heavy (non-hydrogen) atoms. The minimum Gasteiger partial charge on any atom is -0.617 e. The van der Waals surface area contributed by atoms with Gasteiger partial charge in [-0.15, -0.1) is 17.1 Å². The topological polar surface area (TPSA) is 104 Å². The van der Waals surface area contributed by atoms with Gasteiger partial charge in [-0.3, -0.25) is 4.90 Å². The summed E-state index contributed by atoms with van der Waals surface area (Å²) in [6.45, 7) is 2.98. The number of fused-ring (bicyclic) bond motifs is 1. The Morgan fingerprint density at radius 2 is 1.68 bits per heavy atom. The van der Waals surface area contributed by atoms with Gasteiger partial charge in [0.25, 0.3) is 11.0 Å². The predicted molar refractivity (Wildman–Crippen MR) is 115 cm³/mol. The number of aliphatic hydroxyl groups is 1. The van der Waals surface area contributed by atoms with Crippen LogP contribution < -0.4 is 14.4 Å². The predicted octanol–water partition coefficient (Wildman–Crippen LogP) is 1.32. The van der Waals surface area contributed by atoms with Crippen LogP contribution in [0.5, 0.6) is 0 Å². The van der Waals surface area contributed by atoms with Crippen LogP contribution in [0.1, 0.15) is 5.69 Å². The Kier molecular flexibility index (Phi) is 6.75. The number of nitriles is 1. The maximum Gasteiger partial charge on any atom is 0.369 e. The lowest BCUT2D eigenvalue weighted by atomic mass is 10.1. The Morgan fingerprint density at radius 1 is 1.03 bits per heavy atom. The molecule has 0 spiro atoms. The van der Waals surface area contributed by atoms with E-state index < -0.39 is 5.82 Å². The van der Waals surface area contributed by atoms with Crippen LogP contribution in [0.4, 0.5) is 10.1 Å². The Morgan fingerprint density at radius 3 is 2.29 bits per heavy atom. The monoisotopic (exact) mass is 445 g/mol. The maximum absolute atomic E-state index is 14.9. The first-order valence-electron chi connectivity index (χ1n) is 9.61. The van der Waals surface area contributed by atoms with Crippen molar-refractivity contribution in [1.29, 1.82) is 5.26 Å². The summed E-state index contributed by atoms with van der Waals surface area (Å²) in [6.07, 6.45) is 0. The van der Waals surface area contributed by atoms with Gasteiger partial charge in [0.05, 0.1) is 23.9 Å². The van der Waals surface area contributed by atoms with E-state index in [9.17, 15) is 20.1 Å². The van der Waals surface area contributed by atoms with Gasteiger partial charge in [0.1, 0.15) is 0 Å². The SMILES string of the molecule is Cl.N#Cc1c(-c2ccccc2)[n+]([O-])c2cc(N3CCN(CCO)CC3)c(F)cc2[n+]1[O-]. The van der Waals surface area contributed by atoms with Crippen molar-refractivity contribution in [3.63, 3.8) is 0 Å². The molecule has 3 aromatic rings. The van der Waals surface area contributed by atoms with Gasteiger partial charge in [0.2, 0.25) is 0 Å². The van der Waals surface area contributed by atoms with E-state index in [0.29, 0.717) is 47.7 Å². The average Bonchev–Trinajstić information content (AvgIpc) is 2.77. The van der Waals surface area contributed by atoms with Crippen LogP contribution in [0.25, 0.3) is 22.3 Å². The third kappa shape index (κ3) is 4.05. The Labute approximate surface area is 184 Å². The van der Waals surface area contributed by atoms with E-state index in [1.165, 1.54) is 6.07 Å². The molecule has 1 N–H and O–H groups in total. The lowest BCUT2D eigenvalue weighted by molar-refractivity contribution is -0.622. The summed E-state index contributed by atoms with van der Waals surface area (Å²) in [5.74, 6) is -0.626. The summed E-state index contributed by atoms with van der Waals surface area (Å²) in [6, 6.07) is 12.6. The third-order valence-electron chi connectivity index (χ3n) is 5.39. The molecule has 1 aliphatic rings. The van der Waals surface area contributed by atoms with E-state index in [1.54, 1.807) is 36.4 Å². The number of benzene rings is 2. The van der Waals surface area contributed by atoms with Gasteiger partial charge in [-0.05, 0) is 12.1 Å². The number of piperazine rings is 1. The number of rotatable bonds is 4. The lowest BCUT2D eigenvalue weighted by Gasteiger charge is -2.35. The number of β-amino-alcohol motifs (C(OH)–C–C–N with tert-alkyl or cyclic N) is 1. The average molecular weight is 446 g/mol. The molecular weight excluding hydrogens is 425 g/mol. The number of hydrogen-bond donors (Lipinski definition) is 1. The van der Waals surface area contributed by atoms with Crippen molar-refractivity contribution in [2.45, 2.75) is 0 Å². The molecule has 2 aromatic carbocycles. The Bertz CT molecular complexity index is 1130. The fraction of sp³-hybridized carbons (Fsp3) is 0.286. The highest BCUT2D eigenvalue weighted by molar-refractivity contribution is 5.85. The minimum atomic E-state index is -0.626. The molecule has 0 amide bonds. The molecule has 10 heteroatoms. The number of nitrogens with zero attached hydrogens (tertiary/aromatic N) is 5. The smallest absolute Gasteiger partial charge is 0.369 e. The van der Waals surface area contributed by atoms with Crippen LogP contribution in [-0.4, -0.2) is 49.3 Å². The van der Waals surface area contributed by atoms with Crippen LogP contribution in [0.3, 0.4) is 0 Å². The summed E-state index contributed by atoms with van der Waals surface area (Å²) < 4.78 is 15.7. The molecule has 0 radical (unpaired) electrons. The Hall–Kier alpha value is -3.19. The minimum absolute atomic E-state index is 0. The highest BCUT2D eigenvalue weighted by Gasteiger charge is 2.32. The zero-order valence-corrected chi connectivity index (χ0v) is 17.4. The lowest BCUT2D eigenvalue weighted by Crippen LogP contribution is -2.48. The maximum atomic E-state index is 14.9. The van der Waals surface area contributed by atoms with E-state index in [1.807, 2.05) is 4.90 Å². The van der Waals surface area contributed by atoms with E-state index >= 15 is 0 Å². The van der Waals surface area contributed by atoms with Gasteiger partial charge < -0.3 is 20.4 Å². The molecule has 0 aliphatic carbocycles. The first kappa shape index (κ1) is 22.5. The summed E-state index contributed by atoms with van der Waals surface area (Å²) in [5, 5.41) is 44.5. The van der Waals surface area contributed by atoms with Crippen molar-refractivity contribution in [2.24, 2.45) is 0 Å². The second-order valence-corrected chi connectivity index (χ2v) is 7.11. The number of hydrogen-bond acceptors (Lipinski definition) is 6. The molecule has 1 saturated heterocycles. The molecule has 0 saturated carbocycles. The summed E-state index contributed by atoms with van der Waals surface area (Å²) >= 11 is 0. The van der Waals surface area contributed by atoms with Gasteiger partial charge in [0.15, 0.2) is 11.9 Å². The molecular formula is C21H21ClFN5O3. The van der Waals surface area contributed by atoms with Crippen LogP contribution in [0.15, 0.2) is 42.5 Å². The van der Waals surface area contributed by atoms with Gasteiger partial charge in [-0.1, -0.05) is 18.2 Å². The van der Waals surface area contributed by atoms with E-state index in [2.05, 4.69) is 4.90 Å². The molecule has 4 rings (SSSR count). The first-order valence-corrected chi connectivity index (χ1v) is 9.61. The highest BCUT2D eigenvalue weighted by Crippen LogP contribution is 2.27. The molecule has 0 unspecified atom stereocenters. The zero-order chi connectivity index (χ0) is 21.3. The first-order chi connectivity index (χ1) is 14.5. The standard InChI is InChI=1S/C21H20FN5O3.ClH/c22-16-12-18-19(13-17(16)25-8-6-24(7-9-25)10-11-28)27(30)21(20(14-23)26(18)29)15-4-2-1-3-5-15;/h1-5,12-13,28H,6-11H2;1H. The fourth-order valence-corrected chi connectivity index (χ4v) is 3.84. The van der Waals surface area contributed by atoms with Crippen molar-refractivity contribution in [1.82, 2.24) is 4.90 Å². The third-order valence-corrected chi connectivity index (χ3v) is 5.39. The van der Waals surface area contributed by atoms with E-state index in [4.69, 9.17) is 5.11 Å². The van der Waals surface area contributed by atoms with Crippen molar-refractivity contribution in [3.05, 3.63) is 64.4 Å². The molecule has 2 heterocycles. The number of aliphatic hydroxyl groups excluding tert-OH is 1. The fourth-order valence-electron chi connectivity index (χ4n) is 3.84. The van der Waals surface area contributed by atoms with Gasteiger partial charge in [-0.25, -0.2) is 4.39 Å². The normalized spacial score (nSPS) is 14.3. The summed E-state index contributed by atoms with van der Waals surface area (Å²) in [5.41, 5.74) is 0.0244. The van der Waals surface area contributed by atoms with Gasteiger partial charge in [-0.2, -0.15) is 9.99 Å². The van der Waals surface area contributed by atoms with Crippen LogP contribution in [0, 0.1) is 27.6 Å². The second-order valence-electron chi connectivity index (χ2n) is 7.11. The second kappa shape index (κ2) is 9.31. The van der Waals surface area contributed by atoms with Gasteiger partial charge >= 0.3 is 11.4 Å². The highest BCUT2D eigenvalue weighted by atomic mass is 35.5. The largest absolute Gasteiger partial charge is 0.617 e. The molecule has 1 aliphatic heterocycles. The molecule has 162 valence electrons. The molecule has 1 fully saturated rings. The van der Waals surface area contributed by atoms with Crippen LogP contribution >= 0.6 is 12.4 Å². The molecule has 8 nitrogen and oxygen atoms in total. The van der Waals surface area contributed by atoms with E-state index in [-0.39, 0.29) is 47.1 Å². The summed E-state index contributed by atoms with van der Waals surface area (Å²) in [4.78, 5) is 3.89. The van der Waals surface area contributed by atoms with Crippen molar-refractivity contribution >= 4 is 29.1 Å². The van der Waals surface area contributed by atoms with Crippen molar-refractivity contribution in [3.8, 4) is 17.3 Å². The van der Waals surface area contributed by atoms with Gasteiger partial charge in [0, 0.05) is 38.8 Å². The molecule has 1 aromatic heterocycles. The van der Waals surface area contributed by atoms with Crippen molar-refractivity contribution < 1.29 is 19.0 Å². The zero-order valence-electron chi connectivity index (χ0n) is 16.6. The van der Waals surface area contributed by atoms with Crippen LogP contribution in [-0.2, 0) is 0 Å². The van der Waals surface area contributed by atoms with E-state index in [0.717, 1.165) is 6.07 Å². The molecule has 0 bridgehead atoms. The van der Waals surface area contributed by atoms with Crippen molar-refractivity contribution in [2.75, 3.05) is 44.2 Å². The number of halogens is 2. The molecule has 0 atom stereocenters. The Balaban J connectivity index is 0.00000272. The number of aromatic nitrogens is 2. The quantitative estimate of drug-likeness (QED) is 0.479. The van der Waals surface area contributed by atoms with Crippen LogP contribution in [0.2, 0.25) is 0 Å².